The van der Waals surface area contributed by atoms with Gasteiger partial charge in [0.15, 0.2) is 5.76 Å². The van der Waals surface area contributed by atoms with E-state index < -0.39 is 0 Å². The van der Waals surface area contributed by atoms with Gasteiger partial charge in [-0.3, -0.25) is 4.79 Å². The van der Waals surface area contributed by atoms with Crippen molar-refractivity contribution in [3.63, 3.8) is 0 Å². The lowest BCUT2D eigenvalue weighted by Crippen LogP contribution is -2.46. The molecule has 3 heteroatoms. The van der Waals surface area contributed by atoms with Crippen LogP contribution in [0, 0.1) is 0 Å². The van der Waals surface area contributed by atoms with Crippen molar-refractivity contribution in [2.24, 2.45) is 0 Å². The van der Waals surface area contributed by atoms with Crippen molar-refractivity contribution in [3.05, 3.63) is 11.8 Å². The van der Waals surface area contributed by atoms with Gasteiger partial charge in [-0.15, -0.1) is 0 Å². The highest BCUT2D eigenvalue weighted by Crippen LogP contribution is 2.17. The Morgan fingerprint density at radius 3 is 2.73 bits per heavy atom. The molecule has 0 saturated carbocycles. The first-order valence-electron chi connectivity index (χ1n) is 3.62. The van der Waals surface area contributed by atoms with Crippen LogP contribution in [0.25, 0.3) is 0 Å². The molecular formula is C8H13NO2. The van der Waals surface area contributed by atoms with Crippen LogP contribution in [0.15, 0.2) is 11.8 Å². The second kappa shape index (κ2) is 2.57. The Kier molecular flexibility index (Phi) is 1.89. The van der Waals surface area contributed by atoms with E-state index in [-0.39, 0.29) is 11.4 Å². The maximum atomic E-state index is 11.1. The van der Waals surface area contributed by atoms with Gasteiger partial charge in [0.1, 0.15) is 0 Å². The fourth-order valence-corrected chi connectivity index (χ4v) is 1.04. The zero-order chi connectivity index (χ0) is 8.48. The van der Waals surface area contributed by atoms with Gasteiger partial charge in [0.2, 0.25) is 0 Å². The van der Waals surface area contributed by atoms with Crippen LogP contribution in [-0.2, 0) is 9.53 Å². The first-order valence-corrected chi connectivity index (χ1v) is 3.62. The fraction of sp³-hybridized carbons (Fsp3) is 0.625. The summed E-state index contributed by atoms with van der Waals surface area (Å²) in [6, 6.07) is 0. The van der Waals surface area contributed by atoms with Gasteiger partial charge < -0.3 is 10.1 Å². The number of nitrogens with one attached hydrogen (secondary N) is 1. The summed E-state index contributed by atoms with van der Waals surface area (Å²) in [5.74, 6) is 0.299. The molecule has 0 aromatic rings. The Bertz CT molecular complexity index is 206. The van der Waals surface area contributed by atoms with Gasteiger partial charge in [-0.25, -0.2) is 0 Å². The van der Waals surface area contributed by atoms with Crippen LogP contribution < -0.4 is 5.32 Å². The summed E-state index contributed by atoms with van der Waals surface area (Å²) < 4.78 is 4.85. The molecule has 0 saturated heterocycles. The lowest BCUT2D eigenvalue weighted by atomic mass is 9.97. The molecule has 11 heavy (non-hydrogen) atoms. The van der Waals surface area contributed by atoms with Crippen molar-refractivity contribution in [1.82, 2.24) is 5.32 Å². The molecule has 0 fully saturated rings. The number of hydrogen-bond acceptors (Lipinski definition) is 2. The molecule has 1 aliphatic rings. The molecular weight excluding hydrogens is 142 g/mol. The summed E-state index contributed by atoms with van der Waals surface area (Å²) in [6.45, 7) is 3.96. The predicted octanol–water partition coefficient (Wildman–Crippen LogP) is 0.815. The molecule has 0 unspecified atom stereocenters. The topological polar surface area (TPSA) is 38.3 Å². The van der Waals surface area contributed by atoms with Crippen LogP contribution in [0.3, 0.4) is 0 Å². The Morgan fingerprint density at radius 2 is 2.27 bits per heavy atom. The SMILES string of the molecule is COC1=CCC(C)(C)NC1=O. The highest BCUT2D eigenvalue weighted by Gasteiger charge is 2.26. The van der Waals surface area contributed by atoms with Gasteiger partial charge in [0.05, 0.1) is 7.11 Å². The summed E-state index contributed by atoms with van der Waals surface area (Å²) >= 11 is 0. The molecule has 62 valence electrons. The maximum absolute atomic E-state index is 11.1. The minimum absolute atomic E-state index is 0.122. The molecule has 0 bridgehead atoms. The molecule has 0 aliphatic carbocycles. The Labute approximate surface area is 66.4 Å². The van der Waals surface area contributed by atoms with Gasteiger partial charge in [-0.1, -0.05) is 0 Å². The Hall–Kier alpha value is -0.990. The number of methoxy groups -OCH3 is 1. The minimum atomic E-state index is -0.126. The monoisotopic (exact) mass is 155 g/mol. The van der Waals surface area contributed by atoms with E-state index in [1.807, 2.05) is 19.9 Å². The quantitative estimate of drug-likeness (QED) is 0.608. The Balaban J connectivity index is 2.76. The van der Waals surface area contributed by atoms with Gasteiger partial charge in [0.25, 0.3) is 5.91 Å². The number of rotatable bonds is 1. The van der Waals surface area contributed by atoms with E-state index in [0.717, 1.165) is 6.42 Å². The largest absolute Gasteiger partial charge is 0.491 e. The first-order chi connectivity index (χ1) is 5.05. The van der Waals surface area contributed by atoms with Crippen molar-refractivity contribution < 1.29 is 9.53 Å². The molecule has 1 heterocycles. The van der Waals surface area contributed by atoms with Gasteiger partial charge in [0, 0.05) is 5.54 Å². The normalized spacial score (nSPS) is 22.1. The molecule has 0 aromatic heterocycles. The number of ether oxygens (including phenoxy) is 1. The first kappa shape index (κ1) is 8.11. The zero-order valence-electron chi connectivity index (χ0n) is 7.10. The zero-order valence-corrected chi connectivity index (χ0v) is 7.10. The lowest BCUT2D eigenvalue weighted by molar-refractivity contribution is -0.122. The summed E-state index contributed by atoms with van der Waals surface area (Å²) in [6.07, 6.45) is 2.64. The van der Waals surface area contributed by atoms with Crippen molar-refractivity contribution in [3.8, 4) is 0 Å². The van der Waals surface area contributed by atoms with E-state index in [0.29, 0.717) is 5.76 Å². The predicted molar refractivity (Wildman–Crippen MR) is 41.9 cm³/mol. The summed E-state index contributed by atoms with van der Waals surface area (Å²) in [5, 5.41) is 2.82. The van der Waals surface area contributed by atoms with Crippen LogP contribution in [0.4, 0.5) is 0 Å². The number of carbonyl (C=O) groups is 1. The standard InChI is InChI=1S/C8H13NO2/c1-8(2)5-4-6(11-3)7(10)9-8/h4H,5H2,1-3H3,(H,9,10). The van der Waals surface area contributed by atoms with E-state index in [4.69, 9.17) is 4.74 Å². The number of amides is 1. The van der Waals surface area contributed by atoms with E-state index >= 15 is 0 Å². The molecule has 1 N–H and O–H groups in total. The lowest BCUT2D eigenvalue weighted by Gasteiger charge is -2.29. The summed E-state index contributed by atoms with van der Waals surface area (Å²) in [5.41, 5.74) is -0.126. The fourth-order valence-electron chi connectivity index (χ4n) is 1.04. The van der Waals surface area contributed by atoms with E-state index in [1.165, 1.54) is 7.11 Å². The van der Waals surface area contributed by atoms with Gasteiger partial charge in [-0.2, -0.15) is 0 Å². The summed E-state index contributed by atoms with van der Waals surface area (Å²) in [4.78, 5) is 11.1. The number of hydrogen-bond donors (Lipinski definition) is 1. The van der Waals surface area contributed by atoms with Crippen LogP contribution in [0.1, 0.15) is 20.3 Å². The van der Waals surface area contributed by atoms with Gasteiger partial charge >= 0.3 is 0 Å². The molecule has 1 aliphatic heterocycles. The average Bonchev–Trinajstić information content (AvgIpc) is 1.86. The average molecular weight is 155 g/mol. The molecule has 1 rings (SSSR count). The second-order valence-corrected chi connectivity index (χ2v) is 3.31. The van der Waals surface area contributed by atoms with E-state index in [2.05, 4.69) is 5.32 Å². The third kappa shape index (κ3) is 1.73. The van der Waals surface area contributed by atoms with Crippen LogP contribution in [0.5, 0.6) is 0 Å². The van der Waals surface area contributed by atoms with E-state index in [9.17, 15) is 4.79 Å². The smallest absolute Gasteiger partial charge is 0.286 e. The molecule has 3 nitrogen and oxygen atoms in total. The van der Waals surface area contributed by atoms with Crippen LogP contribution in [0.2, 0.25) is 0 Å². The van der Waals surface area contributed by atoms with Crippen molar-refractivity contribution in [1.29, 1.82) is 0 Å². The van der Waals surface area contributed by atoms with Crippen molar-refractivity contribution in [2.45, 2.75) is 25.8 Å². The highest BCUT2D eigenvalue weighted by atomic mass is 16.5. The van der Waals surface area contributed by atoms with Gasteiger partial charge in [-0.05, 0) is 26.3 Å². The molecule has 1 amide bonds. The van der Waals surface area contributed by atoms with Crippen LogP contribution >= 0.6 is 0 Å². The molecule has 0 radical (unpaired) electrons. The van der Waals surface area contributed by atoms with Crippen molar-refractivity contribution in [2.75, 3.05) is 7.11 Å². The second-order valence-electron chi connectivity index (χ2n) is 3.31. The highest BCUT2D eigenvalue weighted by molar-refractivity contribution is 5.92. The molecule has 0 atom stereocenters. The van der Waals surface area contributed by atoms with Crippen LogP contribution in [-0.4, -0.2) is 18.6 Å². The Morgan fingerprint density at radius 1 is 1.64 bits per heavy atom. The maximum Gasteiger partial charge on any atom is 0.286 e. The van der Waals surface area contributed by atoms with E-state index in [1.54, 1.807) is 0 Å². The summed E-state index contributed by atoms with van der Waals surface area (Å²) in [7, 11) is 1.50. The minimum Gasteiger partial charge on any atom is -0.491 e. The third-order valence-corrected chi connectivity index (χ3v) is 1.69. The molecule has 0 aromatic carbocycles. The van der Waals surface area contributed by atoms with Crippen molar-refractivity contribution >= 4 is 5.91 Å². The third-order valence-electron chi connectivity index (χ3n) is 1.69. The molecule has 0 spiro atoms. The number of carbonyl (C=O) groups excluding carboxylic acids is 1.